The SMILES string of the molecule is NC/C=C(\CCCCCN)SC[C@H]1O[C@@H](n2cnc3c(N)ncnc32)[C@H](O)[C@@H]1O. The summed E-state index contributed by atoms with van der Waals surface area (Å²) in [6.07, 6.45) is 5.36. The van der Waals surface area contributed by atoms with Crippen molar-refractivity contribution in [2.75, 3.05) is 24.6 Å². The fourth-order valence-electron chi connectivity index (χ4n) is 3.33. The third-order valence-corrected chi connectivity index (χ3v) is 6.14. The number of allylic oxidation sites excluding steroid dienone is 1. The van der Waals surface area contributed by atoms with Gasteiger partial charge < -0.3 is 32.2 Å². The minimum absolute atomic E-state index is 0.250. The molecule has 0 bridgehead atoms. The number of imidazole rings is 1. The minimum atomic E-state index is -1.11. The Morgan fingerprint density at radius 1 is 1.17 bits per heavy atom. The first-order valence-corrected chi connectivity index (χ1v) is 10.7. The van der Waals surface area contributed by atoms with Gasteiger partial charge in [0.05, 0.1) is 12.4 Å². The predicted octanol–water partition coefficient (Wildman–Crippen LogP) is 0.123. The van der Waals surface area contributed by atoms with Crippen molar-refractivity contribution >= 4 is 28.7 Å². The molecule has 160 valence electrons. The summed E-state index contributed by atoms with van der Waals surface area (Å²) in [5.74, 6) is 0.751. The molecule has 10 nitrogen and oxygen atoms in total. The van der Waals surface area contributed by atoms with E-state index in [1.165, 1.54) is 12.7 Å². The summed E-state index contributed by atoms with van der Waals surface area (Å²) < 4.78 is 7.55. The highest BCUT2D eigenvalue weighted by Gasteiger charge is 2.44. The summed E-state index contributed by atoms with van der Waals surface area (Å²) in [5.41, 5.74) is 17.9. The third-order valence-electron chi connectivity index (χ3n) is 4.90. The highest BCUT2D eigenvalue weighted by atomic mass is 32.2. The van der Waals surface area contributed by atoms with E-state index in [-0.39, 0.29) is 5.82 Å². The molecule has 4 atom stereocenters. The van der Waals surface area contributed by atoms with Crippen molar-refractivity contribution in [1.82, 2.24) is 19.5 Å². The number of aliphatic hydroxyl groups is 2. The summed E-state index contributed by atoms with van der Waals surface area (Å²) in [6.45, 7) is 1.16. The Labute approximate surface area is 173 Å². The molecule has 3 rings (SSSR count). The lowest BCUT2D eigenvalue weighted by Gasteiger charge is -2.16. The first kappa shape index (κ1) is 21.9. The standard InChI is InChI=1S/C18H29N7O3S/c19-6-3-1-2-4-11(5-7-20)29-8-12-14(26)15(27)18(28-12)25-10-24-13-16(21)22-9-23-17(13)25/h5,9-10,12,14-15,18,26-27H,1-4,6-8,19-20H2,(H2,21,22,23)/b11-5+/t12-,14-,15-,18-/m1/s1. The Balaban J connectivity index is 1.64. The number of unbranched alkanes of at least 4 members (excludes halogenated alkanes) is 2. The maximum Gasteiger partial charge on any atom is 0.167 e. The van der Waals surface area contributed by atoms with Gasteiger partial charge in [0, 0.05) is 12.3 Å². The smallest absolute Gasteiger partial charge is 0.167 e. The van der Waals surface area contributed by atoms with E-state index in [1.807, 2.05) is 6.08 Å². The van der Waals surface area contributed by atoms with E-state index >= 15 is 0 Å². The van der Waals surface area contributed by atoms with Gasteiger partial charge in [-0.2, -0.15) is 0 Å². The van der Waals surface area contributed by atoms with Gasteiger partial charge >= 0.3 is 0 Å². The Kier molecular flexibility index (Phi) is 7.81. The first-order valence-electron chi connectivity index (χ1n) is 9.73. The largest absolute Gasteiger partial charge is 0.387 e. The number of nitrogen functional groups attached to an aromatic ring is 1. The van der Waals surface area contributed by atoms with Crippen LogP contribution in [0.25, 0.3) is 11.2 Å². The van der Waals surface area contributed by atoms with Gasteiger partial charge in [-0.25, -0.2) is 15.0 Å². The third kappa shape index (κ3) is 5.05. The van der Waals surface area contributed by atoms with E-state index in [0.717, 1.165) is 30.6 Å². The van der Waals surface area contributed by atoms with Crippen LogP contribution in [0.5, 0.6) is 0 Å². The summed E-state index contributed by atoms with van der Waals surface area (Å²) in [6, 6.07) is 0. The van der Waals surface area contributed by atoms with Crippen molar-refractivity contribution in [1.29, 1.82) is 0 Å². The molecule has 1 fully saturated rings. The highest BCUT2D eigenvalue weighted by molar-refractivity contribution is 8.03. The molecule has 11 heteroatoms. The zero-order valence-electron chi connectivity index (χ0n) is 16.2. The molecule has 0 unspecified atom stereocenters. The zero-order valence-corrected chi connectivity index (χ0v) is 17.0. The molecule has 1 aliphatic heterocycles. The Bertz CT molecular complexity index is 831. The molecule has 0 spiro atoms. The van der Waals surface area contributed by atoms with Crippen molar-refractivity contribution in [3.05, 3.63) is 23.6 Å². The van der Waals surface area contributed by atoms with Gasteiger partial charge in [-0.1, -0.05) is 12.5 Å². The topological polar surface area (TPSA) is 171 Å². The number of anilines is 1. The molecule has 8 N–H and O–H groups in total. The number of thioether (sulfide) groups is 1. The molecule has 0 aromatic carbocycles. The lowest BCUT2D eigenvalue weighted by atomic mass is 10.1. The number of nitrogens with zero attached hydrogens (tertiary/aromatic N) is 4. The van der Waals surface area contributed by atoms with Gasteiger partial charge in [0.15, 0.2) is 17.7 Å². The fourth-order valence-corrected chi connectivity index (χ4v) is 4.48. The normalized spacial score (nSPS) is 25.2. The average Bonchev–Trinajstić information content (AvgIpc) is 3.26. The van der Waals surface area contributed by atoms with Gasteiger partial charge in [-0.3, -0.25) is 4.57 Å². The second kappa shape index (κ2) is 10.3. The van der Waals surface area contributed by atoms with Crippen LogP contribution in [0.15, 0.2) is 23.6 Å². The average molecular weight is 424 g/mol. The second-order valence-corrected chi connectivity index (χ2v) is 8.09. The molecular formula is C18H29N7O3S. The number of hydrogen-bond donors (Lipinski definition) is 5. The Morgan fingerprint density at radius 3 is 2.76 bits per heavy atom. The number of hydrogen-bond acceptors (Lipinski definition) is 10. The number of nitrogens with two attached hydrogens (primary N) is 3. The predicted molar refractivity (Wildman–Crippen MR) is 113 cm³/mol. The molecule has 2 aromatic heterocycles. The number of fused-ring (bicyclic) bond motifs is 1. The van der Waals surface area contributed by atoms with Crippen molar-refractivity contribution in [2.24, 2.45) is 11.5 Å². The van der Waals surface area contributed by atoms with Gasteiger partial charge in [-0.15, -0.1) is 11.8 Å². The van der Waals surface area contributed by atoms with Crippen LogP contribution >= 0.6 is 11.8 Å². The molecule has 0 radical (unpaired) electrons. The van der Waals surface area contributed by atoms with Crippen LogP contribution in [0, 0.1) is 0 Å². The summed E-state index contributed by atoms with van der Waals surface area (Å²) >= 11 is 1.60. The highest BCUT2D eigenvalue weighted by Crippen LogP contribution is 2.35. The van der Waals surface area contributed by atoms with Crippen LogP contribution in [0.4, 0.5) is 5.82 Å². The summed E-state index contributed by atoms with van der Waals surface area (Å²) in [4.78, 5) is 13.4. The summed E-state index contributed by atoms with van der Waals surface area (Å²) in [5, 5.41) is 21.0. The lowest BCUT2D eigenvalue weighted by Crippen LogP contribution is -2.32. The number of ether oxygens (including phenoxy) is 1. The van der Waals surface area contributed by atoms with Crippen LogP contribution in [-0.2, 0) is 4.74 Å². The lowest BCUT2D eigenvalue weighted by molar-refractivity contribution is -0.0288. The van der Waals surface area contributed by atoms with Gasteiger partial charge in [-0.05, 0) is 30.7 Å². The zero-order chi connectivity index (χ0) is 20.8. The second-order valence-electron chi connectivity index (χ2n) is 6.95. The molecular weight excluding hydrogens is 394 g/mol. The molecule has 0 amide bonds. The number of aromatic nitrogens is 4. The van der Waals surface area contributed by atoms with Crippen molar-refractivity contribution < 1.29 is 14.9 Å². The minimum Gasteiger partial charge on any atom is -0.387 e. The Morgan fingerprint density at radius 2 is 2.00 bits per heavy atom. The van der Waals surface area contributed by atoms with Gasteiger partial charge in [0.25, 0.3) is 0 Å². The van der Waals surface area contributed by atoms with E-state index in [9.17, 15) is 10.2 Å². The molecule has 3 heterocycles. The van der Waals surface area contributed by atoms with Crippen LogP contribution < -0.4 is 17.2 Å². The molecule has 0 aliphatic carbocycles. The quantitative estimate of drug-likeness (QED) is 0.331. The van der Waals surface area contributed by atoms with Crippen molar-refractivity contribution in [3.8, 4) is 0 Å². The maximum absolute atomic E-state index is 10.5. The van der Waals surface area contributed by atoms with Gasteiger partial charge in [0.1, 0.15) is 24.1 Å². The van der Waals surface area contributed by atoms with E-state index in [1.54, 1.807) is 16.3 Å². The van der Waals surface area contributed by atoms with Crippen molar-refractivity contribution in [2.45, 2.75) is 50.2 Å². The number of rotatable bonds is 10. The van der Waals surface area contributed by atoms with E-state index in [2.05, 4.69) is 15.0 Å². The number of aliphatic hydroxyl groups excluding tert-OH is 2. The molecule has 29 heavy (non-hydrogen) atoms. The van der Waals surface area contributed by atoms with Gasteiger partial charge in [0.2, 0.25) is 0 Å². The molecule has 2 aromatic rings. The molecule has 1 saturated heterocycles. The fraction of sp³-hybridized carbons (Fsp3) is 0.611. The van der Waals surface area contributed by atoms with Crippen LogP contribution in [0.1, 0.15) is 31.9 Å². The van der Waals surface area contributed by atoms with Crippen LogP contribution in [0.2, 0.25) is 0 Å². The van der Waals surface area contributed by atoms with Crippen molar-refractivity contribution in [3.63, 3.8) is 0 Å². The van der Waals surface area contributed by atoms with E-state index in [0.29, 0.717) is 30.0 Å². The van der Waals surface area contributed by atoms with E-state index < -0.39 is 24.5 Å². The summed E-state index contributed by atoms with van der Waals surface area (Å²) in [7, 11) is 0. The van der Waals surface area contributed by atoms with Crippen LogP contribution in [0.3, 0.4) is 0 Å². The monoisotopic (exact) mass is 423 g/mol. The van der Waals surface area contributed by atoms with Crippen LogP contribution in [-0.4, -0.2) is 66.9 Å². The first-order chi connectivity index (χ1) is 14.1. The maximum atomic E-state index is 10.5. The Hall–Kier alpha value is -1.76. The van der Waals surface area contributed by atoms with E-state index in [4.69, 9.17) is 21.9 Å². The molecule has 0 saturated carbocycles. The molecule has 1 aliphatic rings.